The third-order valence-electron chi connectivity index (χ3n) is 6.18. The number of imidazole rings is 1. The lowest BCUT2D eigenvalue weighted by atomic mass is 10.1. The van der Waals surface area contributed by atoms with Crippen molar-refractivity contribution in [1.29, 1.82) is 5.26 Å². The van der Waals surface area contributed by atoms with E-state index in [0.29, 0.717) is 46.1 Å². The second-order valence-corrected chi connectivity index (χ2v) is 9.68. The fraction of sp³-hybridized carbons (Fsp3) is 0.179. The van der Waals surface area contributed by atoms with E-state index in [2.05, 4.69) is 15.2 Å². The average Bonchev–Trinajstić information content (AvgIpc) is 3.56. The molecule has 9 nitrogen and oxygen atoms in total. The van der Waals surface area contributed by atoms with Crippen LogP contribution in [0.2, 0.25) is 0 Å². The number of aromatic nitrogens is 4. The van der Waals surface area contributed by atoms with E-state index in [1.807, 2.05) is 10.6 Å². The highest BCUT2D eigenvalue weighted by molar-refractivity contribution is 7.16. The van der Waals surface area contributed by atoms with Gasteiger partial charge in [0.2, 0.25) is 0 Å². The van der Waals surface area contributed by atoms with Crippen molar-refractivity contribution >= 4 is 28.3 Å². The number of fused-ring (bicyclic) bond motifs is 1. The maximum atomic E-state index is 15.2. The highest BCUT2D eigenvalue weighted by Gasteiger charge is 2.17. The third kappa shape index (κ3) is 5.66. The van der Waals surface area contributed by atoms with Crippen LogP contribution in [0.5, 0.6) is 5.19 Å². The number of nitrogens with zero attached hydrogens (tertiary/aromatic N) is 5. The van der Waals surface area contributed by atoms with Crippen LogP contribution in [-0.4, -0.2) is 44.5 Å². The van der Waals surface area contributed by atoms with Crippen LogP contribution >= 0.6 is 11.3 Å². The summed E-state index contributed by atoms with van der Waals surface area (Å²) in [6.07, 6.45) is 0.174. The van der Waals surface area contributed by atoms with Gasteiger partial charge in [0, 0.05) is 31.2 Å². The number of hydrogen-bond acceptors (Lipinski definition) is 8. The van der Waals surface area contributed by atoms with Crippen LogP contribution in [0.15, 0.2) is 54.6 Å². The van der Waals surface area contributed by atoms with Gasteiger partial charge in [0.25, 0.3) is 5.19 Å². The van der Waals surface area contributed by atoms with Crippen molar-refractivity contribution in [2.24, 2.45) is 0 Å². The Kier molecular flexibility index (Phi) is 7.77. The Morgan fingerprint density at radius 1 is 1.07 bits per heavy atom. The van der Waals surface area contributed by atoms with Gasteiger partial charge in [0.15, 0.2) is 5.01 Å². The molecule has 12 heteroatoms. The van der Waals surface area contributed by atoms with Crippen molar-refractivity contribution < 1.29 is 28.2 Å². The van der Waals surface area contributed by atoms with Crippen LogP contribution < -0.4 is 4.74 Å². The lowest BCUT2D eigenvalue weighted by Crippen LogP contribution is -2.10. The minimum absolute atomic E-state index is 0.0997. The molecule has 0 radical (unpaired) electrons. The second-order valence-electron chi connectivity index (χ2n) is 8.74. The molecule has 5 rings (SSSR count). The van der Waals surface area contributed by atoms with Gasteiger partial charge in [-0.05, 0) is 42.0 Å². The molecule has 40 heavy (non-hydrogen) atoms. The molecule has 3 aromatic carbocycles. The molecular formula is C28H21F2N5O4S. The Morgan fingerprint density at radius 3 is 2.60 bits per heavy atom. The first-order valence-electron chi connectivity index (χ1n) is 12.0. The summed E-state index contributed by atoms with van der Waals surface area (Å²) in [5.74, 6) is -1.50. The molecule has 0 unspecified atom stereocenters. The number of carbonyl (C=O) groups is 1. The Balaban J connectivity index is 1.34. The molecule has 0 amide bonds. The summed E-state index contributed by atoms with van der Waals surface area (Å²) in [7, 11) is 1.56. The van der Waals surface area contributed by atoms with Gasteiger partial charge in [-0.15, -0.1) is 5.10 Å². The molecule has 0 aliphatic rings. The van der Waals surface area contributed by atoms with Crippen LogP contribution in [0.4, 0.5) is 8.78 Å². The van der Waals surface area contributed by atoms with Gasteiger partial charge in [0.05, 0.1) is 34.8 Å². The Bertz CT molecular complexity index is 1760. The van der Waals surface area contributed by atoms with E-state index in [4.69, 9.17) is 14.7 Å². The van der Waals surface area contributed by atoms with Crippen molar-refractivity contribution in [1.82, 2.24) is 19.7 Å². The molecule has 0 fully saturated rings. The molecule has 0 aliphatic heterocycles. The van der Waals surface area contributed by atoms with E-state index in [9.17, 15) is 14.3 Å². The fourth-order valence-electron chi connectivity index (χ4n) is 4.12. The van der Waals surface area contributed by atoms with Crippen molar-refractivity contribution in [2.75, 3.05) is 13.7 Å². The molecule has 0 bridgehead atoms. The van der Waals surface area contributed by atoms with Gasteiger partial charge in [-0.2, -0.15) is 5.26 Å². The lowest BCUT2D eigenvalue weighted by molar-refractivity contribution is 0.0697. The molecule has 0 atom stereocenters. The molecular weight excluding hydrogens is 540 g/mol. The highest BCUT2D eigenvalue weighted by atomic mass is 32.1. The maximum Gasteiger partial charge on any atom is 0.335 e. The largest absolute Gasteiger partial charge is 0.478 e. The first-order valence-corrected chi connectivity index (χ1v) is 12.8. The maximum absolute atomic E-state index is 15.2. The smallest absolute Gasteiger partial charge is 0.335 e. The fourth-order valence-corrected chi connectivity index (χ4v) is 4.82. The summed E-state index contributed by atoms with van der Waals surface area (Å²) in [5, 5.41) is 26.9. The molecule has 2 aromatic heterocycles. The van der Waals surface area contributed by atoms with Gasteiger partial charge < -0.3 is 19.1 Å². The number of benzene rings is 3. The molecule has 202 valence electrons. The van der Waals surface area contributed by atoms with E-state index in [1.165, 1.54) is 24.3 Å². The van der Waals surface area contributed by atoms with Gasteiger partial charge in [-0.1, -0.05) is 34.6 Å². The topological polar surface area (TPSA) is 123 Å². The predicted molar refractivity (Wildman–Crippen MR) is 142 cm³/mol. The molecule has 0 saturated heterocycles. The monoisotopic (exact) mass is 561 g/mol. The van der Waals surface area contributed by atoms with E-state index >= 15 is 4.39 Å². The first kappa shape index (κ1) is 26.9. The summed E-state index contributed by atoms with van der Waals surface area (Å²) in [6.45, 7) is 0.693. The molecule has 0 aliphatic carbocycles. The predicted octanol–water partition coefficient (Wildman–Crippen LogP) is 5.22. The standard InChI is InChI=1S/C28H21F2N5O4S/c1-38-9-8-35-24-12-19(27(36)37)6-7-23(24)32-25(35)13-17-4-5-18(11-22(17)30)26-33-34-28(40-26)39-15-20-3-2-16(14-31)10-21(20)29/h2-7,10-12H,8-9,13,15H2,1H3,(H,36,37). The number of hydrogen-bond donors (Lipinski definition) is 1. The normalized spacial score (nSPS) is 11.1. The molecule has 2 heterocycles. The average molecular weight is 562 g/mol. The summed E-state index contributed by atoms with van der Waals surface area (Å²) in [4.78, 5) is 16.1. The van der Waals surface area contributed by atoms with Gasteiger partial charge in [-0.3, -0.25) is 0 Å². The molecule has 0 saturated carbocycles. The Hall–Kier alpha value is -4.73. The van der Waals surface area contributed by atoms with E-state index in [1.54, 1.807) is 31.4 Å². The third-order valence-corrected chi connectivity index (χ3v) is 7.07. The first-order chi connectivity index (χ1) is 19.4. The SMILES string of the molecule is COCCn1c(Cc2ccc(-c3nnc(OCc4ccc(C#N)cc4F)s3)cc2F)nc2ccc(C(=O)O)cc21. The molecule has 0 spiro atoms. The summed E-state index contributed by atoms with van der Waals surface area (Å²) in [6, 6.07) is 15.4. The Labute approximate surface area is 230 Å². The molecule has 5 aromatic rings. The van der Waals surface area contributed by atoms with Crippen molar-refractivity contribution in [3.8, 4) is 21.8 Å². The quantitative estimate of drug-likeness (QED) is 0.246. The number of rotatable bonds is 10. The number of halogens is 2. The zero-order valence-electron chi connectivity index (χ0n) is 21.1. The number of nitriles is 1. The number of methoxy groups -OCH3 is 1. The number of aromatic carboxylic acids is 1. The van der Waals surface area contributed by atoms with Crippen molar-refractivity contribution in [3.63, 3.8) is 0 Å². The summed E-state index contributed by atoms with van der Waals surface area (Å²) in [5.41, 5.74) is 2.74. The summed E-state index contributed by atoms with van der Waals surface area (Å²) >= 11 is 1.09. The van der Waals surface area contributed by atoms with Crippen molar-refractivity contribution in [2.45, 2.75) is 19.6 Å². The van der Waals surface area contributed by atoms with E-state index < -0.39 is 17.6 Å². The number of carboxylic acids is 1. The van der Waals surface area contributed by atoms with Gasteiger partial charge in [0.1, 0.15) is 24.1 Å². The zero-order valence-corrected chi connectivity index (χ0v) is 21.9. The van der Waals surface area contributed by atoms with Crippen LogP contribution in [-0.2, 0) is 24.3 Å². The number of ether oxygens (including phenoxy) is 2. The highest BCUT2D eigenvalue weighted by Crippen LogP contribution is 2.30. The Morgan fingerprint density at radius 2 is 1.88 bits per heavy atom. The number of carboxylic acid groups (broad SMARTS) is 1. The van der Waals surface area contributed by atoms with E-state index in [0.717, 1.165) is 17.4 Å². The van der Waals surface area contributed by atoms with Crippen molar-refractivity contribution in [3.05, 3.63) is 94.3 Å². The van der Waals surface area contributed by atoms with Crippen LogP contribution in [0.1, 0.15) is 32.9 Å². The van der Waals surface area contributed by atoms with Crippen LogP contribution in [0.25, 0.3) is 21.6 Å². The van der Waals surface area contributed by atoms with Crippen LogP contribution in [0, 0.1) is 23.0 Å². The lowest BCUT2D eigenvalue weighted by Gasteiger charge is -2.10. The zero-order chi connectivity index (χ0) is 28.2. The minimum Gasteiger partial charge on any atom is -0.478 e. The van der Waals surface area contributed by atoms with Gasteiger partial charge >= 0.3 is 5.97 Å². The second kappa shape index (κ2) is 11.6. The minimum atomic E-state index is -1.05. The molecule has 1 N–H and O–H groups in total. The summed E-state index contributed by atoms with van der Waals surface area (Å²) < 4.78 is 41.9. The van der Waals surface area contributed by atoms with Crippen LogP contribution in [0.3, 0.4) is 0 Å². The van der Waals surface area contributed by atoms with E-state index in [-0.39, 0.29) is 34.9 Å². The van der Waals surface area contributed by atoms with Gasteiger partial charge in [-0.25, -0.2) is 18.6 Å².